The molecule has 0 radical (unpaired) electrons. The first-order valence-corrected chi connectivity index (χ1v) is 25.2. The Morgan fingerprint density at radius 1 is 0.192 bits per heavy atom. The van der Waals surface area contributed by atoms with Crippen molar-refractivity contribution in [3.05, 3.63) is 285 Å². The summed E-state index contributed by atoms with van der Waals surface area (Å²) in [4.78, 5) is 0. The minimum atomic E-state index is 1.15. The largest absolute Gasteiger partial charge is 0.315 e. The Morgan fingerprint density at radius 3 is 1.03 bits per heavy atom. The molecule has 0 unspecified atom stereocenters. The average Bonchev–Trinajstić information content (AvgIpc) is 3.85. The lowest BCUT2D eigenvalue weighted by Crippen LogP contribution is -1.95. The molecule has 1 heteroatoms. The zero-order valence-electron chi connectivity index (χ0n) is 40.1. The standard InChI is InChI=1S/C72H47N/c1-4-18-60-53(12-1)15-9-23-62(60)56-36-30-49(31-37-56)48-26-28-52(29-27-48)59-42-44-72-69(46-59)70(58-40-34-51(35-41-58)50-32-38-57(39-33-50)63-24-10-16-54-13-2-5-19-61(54)63)47-73(72)71-45-43-67(66-21-7-8-22-68(66)71)65-25-11-17-55-14-3-6-20-64(55)65/h1-47H. The maximum Gasteiger partial charge on any atom is 0.0535 e. The molecule has 0 aliphatic rings. The van der Waals surface area contributed by atoms with E-state index in [0.29, 0.717) is 0 Å². The predicted octanol–water partition coefficient (Wildman–Crippen LogP) is 19.9. The smallest absolute Gasteiger partial charge is 0.0535 e. The Kier molecular flexibility index (Phi) is 10.3. The quantitative estimate of drug-likeness (QED) is 0.143. The first kappa shape index (κ1) is 42.3. The summed E-state index contributed by atoms with van der Waals surface area (Å²) in [6.45, 7) is 0. The molecule has 14 rings (SSSR count). The number of rotatable bonds is 8. The van der Waals surface area contributed by atoms with Crippen molar-refractivity contribution in [1.82, 2.24) is 4.57 Å². The molecule has 14 aromatic rings. The molecule has 0 amide bonds. The van der Waals surface area contributed by atoms with Gasteiger partial charge < -0.3 is 4.57 Å². The Bertz CT molecular complexity index is 4370. The van der Waals surface area contributed by atoms with Crippen molar-refractivity contribution in [2.75, 3.05) is 0 Å². The molecule has 340 valence electrons. The fourth-order valence-electron chi connectivity index (χ4n) is 11.4. The third kappa shape index (κ3) is 7.50. The zero-order valence-corrected chi connectivity index (χ0v) is 40.1. The van der Waals surface area contributed by atoms with Crippen LogP contribution in [0.2, 0.25) is 0 Å². The van der Waals surface area contributed by atoms with Crippen molar-refractivity contribution in [3.8, 4) is 83.6 Å². The highest BCUT2D eigenvalue weighted by Gasteiger charge is 2.18. The molecular weight excluding hydrogens is 879 g/mol. The first-order valence-electron chi connectivity index (χ1n) is 25.2. The van der Waals surface area contributed by atoms with Crippen LogP contribution in [0, 0.1) is 0 Å². The lowest BCUT2D eigenvalue weighted by atomic mass is 9.93. The second kappa shape index (κ2) is 17.7. The van der Waals surface area contributed by atoms with Crippen molar-refractivity contribution in [2.24, 2.45) is 0 Å². The van der Waals surface area contributed by atoms with Crippen LogP contribution in [0.5, 0.6) is 0 Å². The maximum absolute atomic E-state index is 2.41. The van der Waals surface area contributed by atoms with Crippen molar-refractivity contribution >= 4 is 54.0 Å². The molecule has 73 heavy (non-hydrogen) atoms. The molecular formula is C72H47N. The van der Waals surface area contributed by atoms with Crippen LogP contribution in [0.1, 0.15) is 0 Å². The molecule has 0 saturated heterocycles. The van der Waals surface area contributed by atoms with Crippen molar-refractivity contribution in [1.29, 1.82) is 0 Å². The van der Waals surface area contributed by atoms with Gasteiger partial charge in [-0.2, -0.15) is 0 Å². The van der Waals surface area contributed by atoms with Crippen LogP contribution in [-0.4, -0.2) is 4.57 Å². The second-order valence-electron chi connectivity index (χ2n) is 19.2. The molecule has 0 atom stereocenters. The normalized spacial score (nSPS) is 11.6. The summed E-state index contributed by atoms with van der Waals surface area (Å²) in [6, 6.07) is 102. The topological polar surface area (TPSA) is 4.93 Å². The van der Waals surface area contributed by atoms with E-state index < -0.39 is 0 Å². The molecule has 0 saturated carbocycles. The summed E-state index contributed by atoms with van der Waals surface area (Å²) in [7, 11) is 0. The zero-order chi connectivity index (χ0) is 48.2. The average molecular weight is 926 g/mol. The highest BCUT2D eigenvalue weighted by molar-refractivity contribution is 6.09. The number of hydrogen-bond donors (Lipinski definition) is 0. The number of aromatic nitrogens is 1. The lowest BCUT2D eigenvalue weighted by molar-refractivity contribution is 1.14. The molecule has 0 spiro atoms. The van der Waals surface area contributed by atoms with Gasteiger partial charge in [-0.1, -0.05) is 261 Å². The van der Waals surface area contributed by atoms with Gasteiger partial charge in [-0.25, -0.2) is 0 Å². The summed E-state index contributed by atoms with van der Waals surface area (Å²) in [6.07, 6.45) is 2.35. The highest BCUT2D eigenvalue weighted by atomic mass is 15.0. The third-order valence-corrected chi connectivity index (χ3v) is 15.1. The molecule has 1 nitrogen and oxygen atoms in total. The number of hydrogen-bond acceptors (Lipinski definition) is 0. The van der Waals surface area contributed by atoms with E-state index in [1.807, 2.05) is 0 Å². The van der Waals surface area contributed by atoms with E-state index in [9.17, 15) is 0 Å². The van der Waals surface area contributed by atoms with Gasteiger partial charge in [0.05, 0.1) is 11.2 Å². The van der Waals surface area contributed by atoms with E-state index in [-0.39, 0.29) is 0 Å². The van der Waals surface area contributed by atoms with Crippen LogP contribution < -0.4 is 0 Å². The van der Waals surface area contributed by atoms with Gasteiger partial charge in [-0.3, -0.25) is 0 Å². The van der Waals surface area contributed by atoms with Crippen molar-refractivity contribution in [3.63, 3.8) is 0 Å². The third-order valence-electron chi connectivity index (χ3n) is 15.1. The lowest BCUT2D eigenvalue weighted by Gasteiger charge is -2.15. The van der Waals surface area contributed by atoms with E-state index in [1.54, 1.807) is 0 Å². The summed E-state index contributed by atoms with van der Waals surface area (Å²) in [5.74, 6) is 0. The first-order chi connectivity index (χ1) is 36.2. The Morgan fingerprint density at radius 2 is 0.534 bits per heavy atom. The fourth-order valence-corrected chi connectivity index (χ4v) is 11.4. The monoisotopic (exact) mass is 925 g/mol. The van der Waals surface area contributed by atoms with Crippen LogP contribution in [-0.2, 0) is 0 Å². The maximum atomic E-state index is 2.41. The fraction of sp³-hybridized carbons (Fsp3) is 0. The van der Waals surface area contributed by atoms with E-state index >= 15 is 0 Å². The molecule has 0 N–H and O–H groups in total. The molecule has 0 bridgehead atoms. The molecule has 0 fully saturated rings. The summed E-state index contributed by atoms with van der Waals surface area (Å²) >= 11 is 0. The van der Waals surface area contributed by atoms with Gasteiger partial charge in [0, 0.05) is 22.5 Å². The molecule has 1 heterocycles. The van der Waals surface area contributed by atoms with Crippen molar-refractivity contribution in [2.45, 2.75) is 0 Å². The van der Waals surface area contributed by atoms with Crippen LogP contribution >= 0.6 is 0 Å². The molecule has 0 aliphatic heterocycles. The van der Waals surface area contributed by atoms with E-state index in [4.69, 9.17) is 0 Å². The second-order valence-corrected chi connectivity index (χ2v) is 19.2. The predicted molar refractivity (Wildman–Crippen MR) is 311 cm³/mol. The number of benzene rings is 13. The summed E-state index contributed by atoms with van der Waals surface area (Å²) in [5, 5.41) is 11.2. The van der Waals surface area contributed by atoms with Crippen molar-refractivity contribution < 1.29 is 0 Å². The van der Waals surface area contributed by atoms with Crippen LogP contribution in [0.25, 0.3) is 138 Å². The highest BCUT2D eigenvalue weighted by Crippen LogP contribution is 2.42. The minimum absolute atomic E-state index is 1.15. The van der Waals surface area contributed by atoms with E-state index in [0.717, 1.165) is 11.2 Å². The SMILES string of the molecule is c1ccc2c(-c3ccc(-c4ccc(-c5ccc6c(c5)c(-c5ccc(-c7ccc(-c8cccc9ccccc89)cc7)cc5)cn6-c5ccc(-c6cccc7ccccc67)c6ccccc56)cc4)cc3)cccc2c1. The van der Waals surface area contributed by atoms with Crippen LogP contribution in [0.4, 0.5) is 0 Å². The van der Waals surface area contributed by atoms with Gasteiger partial charge in [0.2, 0.25) is 0 Å². The number of nitrogens with zero attached hydrogens (tertiary/aromatic N) is 1. The van der Waals surface area contributed by atoms with E-state index in [2.05, 4.69) is 290 Å². The Labute approximate surface area is 425 Å². The van der Waals surface area contributed by atoms with Gasteiger partial charge in [0.1, 0.15) is 0 Å². The Hall–Kier alpha value is -9.56. The summed E-state index contributed by atoms with van der Waals surface area (Å²) in [5.41, 5.74) is 19.3. The van der Waals surface area contributed by atoms with Gasteiger partial charge in [0.15, 0.2) is 0 Å². The Balaban J connectivity index is 0.843. The minimum Gasteiger partial charge on any atom is -0.315 e. The molecule has 13 aromatic carbocycles. The van der Waals surface area contributed by atoms with Gasteiger partial charge in [-0.15, -0.1) is 0 Å². The van der Waals surface area contributed by atoms with Gasteiger partial charge >= 0.3 is 0 Å². The number of fused-ring (bicyclic) bond motifs is 5. The van der Waals surface area contributed by atoms with Gasteiger partial charge in [-0.05, 0) is 128 Å². The van der Waals surface area contributed by atoms with Crippen LogP contribution in [0.3, 0.4) is 0 Å². The van der Waals surface area contributed by atoms with Gasteiger partial charge in [0.25, 0.3) is 0 Å². The molecule has 0 aliphatic carbocycles. The summed E-state index contributed by atoms with van der Waals surface area (Å²) < 4.78 is 2.41. The van der Waals surface area contributed by atoms with E-state index in [1.165, 1.54) is 126 Å². The molecule has 1 aromatic heterocycles. The van der Waals surface area contributed by atoms with Crippen LogP contribution in [0.15, 0.2) is 285 Å².